The van der Waals surface area contributed by atoms with Crippen LogP contribution in [0, 0.1) is 5.92 Å². The molecule has 3 rings (SSSR count). The Kier molecular flexibility index (Phi) is 8.05. The zero-order chi connectivity index (χ0) is 27.9. The average molecular weight is 517 g/mol. The van der Waals surface area contributed by atoms with Gasteiger partial charge in [-0.2, -0.15) is 0 Å². The lowest BCUT2D eigenvalue weighted by atomic mass is 9.95. The van der Waals surface area contributed by atoms with Gasteiger partial charge < -0.3 is 20.0 Å². The SMILES string of the molecule is CCC(C)(C)N1C(=O)N(CC(O)CN2C(=O)N(CC(O)C(C)C)C(=O)C2(C)C)C(=O)C1c1ccccc1. The molecular weight excluding hydrogens is 476 g/mol. The van der Waals surface area contributed by atoms with Crippen LogP contribution in [0.5, 0.6) is 0 Å². The molecule has 1 aromatic carbocycles. The number of imide groups is 2. The van der Waals surface area contributed by atoms with Gasteiger partial charge in [0.15, 0.2) is 0 Å². The summed E-state index contributed by atoms with van der Waals surface area (Å²) in [6, 6.07) is 7.09. The number of benzene rings is 1. The maximum Gasteiger partial charge on any atom is 0.328 e. The van der Waals surface area contributed by atoms with Gasteiger partial charge in [0.05, 0.1) is 31.8 Å². The number of hydrogen-bond donors (Lipinski definition) is 2. The zero-order valence-electron chi connectivity index (χ0n) is 22.8. The summed E-state index contributed by atoms with van der Waals surface area (Å²) in [7, 11) is 0. The third kappa shape index (κ3) is 5.22. The highest BCUT2D eigenvalue weighted by atomic mass is 16.3. The minimum atomic E-state index is -1.28. The molecule has 0 aromatic heterocycles. The van der Waals surface area contributed by atoms with Crippen molar-refractivity contribution in [2.45, 2.75) is 84.2 Å². The van der Waals surface area contributed by atoms with Crippen LogP contribution in [0.25, 0.3) is 0 Å². The largest absolute Gasteiger partial charge is 0.391 e. The molecule has 2 N–H and O–H groups in total. The molecule has 3 atom stereocenters. The van der Waals surface area contributed by atoms with E-state index in [1.54, 1.807) is 44.7 Å². The monoisotopic (exact) mass is 516 g/mol. The van der Waals surface area contributed by atoms with Gasteiger partial charge >= 0.3 is 12.1 Å². The molecule has 1 aromatic rings. The molecule has 0 radical (unpaired) electrons. The van der Waals surface area contributed by atoms with Crippen LogP contribution in [0.15, 0.2) is 30.3 Å². The molecule has 0 bridgehead atoms. The number of nitrogens with zero attached hydrogens (tertiary/aromatic N) is 4. The summed E-state index contributed by atoms with van der Waals surface area (Å²) in [6.07, 6.45) is -1.54. The molecule has 0 spiro atoms. The van der Waals surface area contributed by atoms with Crippen LogP contribution in [-0.4, -0.2) is 96.6 Å². The third-order valence-corrected chi connectivity index (χ3v) is 7.66. The Bertz CT molecular complexity index is 1040. The van der Waals surface area contributed by atoms with E-state index >= 15 is 0 Å². The summed E-state index contributed by atoms with van der Waals surface area (Å²) in [5, 5.41) is 21.2. The molecule has 2 aliphatic rings. The van der Waals surface area contributed by atoms with E-state index in [0.29, 0.717) is 12.0 Å². The van der Waals surface area contributed by atoms with Crippen LogP contribution in [0.4, 0.5) is 9.59 Å². The Hall–Kier alpha value is -2.98. The van der Waals surface area contributed by atoms with Gasteiger partial charge in [0, 0.05) is 5.54 Å². The maximum absolute atomic E-state index is 13.5. The average Bonchev–Trinajstić information content (AvgIpc) is 3.18. The number of urea groups is 2. The molecule has 204 valence electrons. The first-order chi connectivity index (χ1) is 17.1. The fourth-order valence-electron chi connectivity index (χ4n) is 4.73. The molecule has 0 aliphatic carbocycles. The Morgan fingerprint density at radius 1 is 0.919 bits per heavy atom. The molecule has 37 heavy (non-hydrogen) atoms. The van der Waals surface area contributed by atoms with Gasteiger partial charge in [-0.3, -0.25) is 19.4 Å². The number of rotatable bonds is 10. The standard InChI is InChI=1S/C27H40N4O6/c1-8-26(4,5)31-21(18-12-10-9-11-13-18)22(34)28(25(31)37)14-19(32)15-30-24(36)29(16-20(33)17(2)3)23(35)27(30,6)7/h9-13,17,19-21,32-33H,8,14-16H2,1-7H3. The van der Waals surface area contributed by atoms with Crippen molar-refractivity contribution in [3.8, 4) is 0 Å². The van der Waals surface area contributed by atoms with Gasteiger partial charge in [0.2, 0.25) is 0 Å². The first-order valence-electron chi connectivity index (χ1n) is 12.8. The molecule has 2 saturated heterocycles. The summed E-state index contributed by atoms with van der Waals surface area (Å²) < 4.78 is 0. The van der Waals surface area contributed by atoms with Crippen molar-refractivity contribution in [1.82, 2.24) is 19.6 Å². The molecule has 2 fully saturated rings. The topological polar surface area (TPSA) is 122 Å². The van der Waals surface area contributed by atoms with Crippen LogP contribution >= 0.6 is 0 Å². The van der Waals surface area contributed by atoms with Gasteiger partial charge in [0.25, 0.3) is 11.8 Å². The lowest BCUT2D eigenvalue weighted by Crippen LogP contribution is -2.51. The highest BCUT2D eigenvalue weighted by molar-refractivity contribution is 6.07. The number of amides is 6. The van der Waals surface area contributed by atoms with E-state index in [0.717, 1.165) is 9.80 Å². The van der Waals surface area contributed by atoms with Crippen molar-refractivity contribution in [1.29, 1.82) is 0 Å². The van der Waals surface area contributed by atoms with Crippen molar-refractivity contribution < 1.29 is 29.4 Å². The predicted octanol–water partition coefficient (Wildman–Crippen LogP) is 2.60. The lowest BCUT2D eigenvalue weighted by molar-refractivity contribution is -0.133. The van der Waals surface area contributed by atoms with Crippen molar-refractivity contribution in [3.63, 3.8) is 0 Å². The second kappa shape index (κ2) is 10.4. The minimum Gasteiger partial charge on any atom is -0.391 e. The molecule has 10 heteroatoms. The third-order valence-electron chi connectivity index (χ3n) is 7.66. The lowest BCUT2D eigenvalue weighted by Gasteiger charge is -2.37. The molecular formula is C27H40N4O6. The highest BCUT2D eigenvalue weighted by Crippen LogP contribution is 2.38. The smallest absolute Gasteiger partial charge is 0.328 e. The van der Waals surface area contributed by atoms with Crippen molar-refractivity contribution in [3.05, 3.63) is 35.9 Å². The molecule has 2 heterocycles. The van der Waals surface area contributed by atoms with Crippen LogP contribution in [0.1, 0.15) is 66.5 Å². The normalized spacial score (nSPS) is 22.1. The number of carbonyl (C=O) groups is 4. The quantitative estimate of drug-likeness (QED) is 0.461. The summed E-state index contributed by atoms with van der Waals surface area (Å²) >= 11 is 0. The minimum absolute atomic E-state index is 0.145. The highest BCUT2D eigenvalue weighted by Gasteiger charge is 2.54. The number of carbonyl (C=O) groups excluding carboxylic acids is 4. The number of aliphatic hydroxyl groups excluding tert-OH is 2. The van der Waals surface area contributed by atoms with E-state index in [9.17, 15) is 29.4 Å². The van der Waals surface area contributed by atoms with E-state index in [-0.39, 0.29) is 25.6 Å². The molecule has 2 aliphatic heterocycles. The first kappa shape index (κ1) is 28.6. The van der Waals surface area contributed by atoms with Gasteiger partial charge in [-0.1, -0.05) is 51.1 Å². The van der Waals surface area contributed by atoms with Crippen LogP contribution in [-0.2, 0) is 9.59 Å². The molecule has 10 nitrogen and oxygen atoms in total. The van der Waals surface area contributed by atoms with Crippen molar-refractivity contribution in [2.24, 2.45) is 5.92 Å². The summed E-state index contributed by atoms with van der Waals surface area (Å²) in [6.45, 7) is 11.7. The Labute approximate surface area is 218 Å². The van der Waals surface area contributed by atoms with E-state index in [1.165, 1.54) is 4.90 Å². The Morgan fingerprint density at radius 2 is 1.51 bits per heavy atom. The van der Waals surface area contributed by atoms with Gasteiger partial charge in [-0.25, -0.2) is 9.59 Å². The number of hydrogen-bond acceptors (Lipinski definition) is 6. The fourth-order valence-corrected chi connectivity index (χ4v) is 4.73. The number of β-amino-alcohol motifs (C(OH)–C–C–N with tert-alkyl or cyclic N) is 2. The zero-order valence-corrected chi connectivity index (χ0v) is 22.8. The second-order valence-corrected chi connectivity index (χ2v) is 11.4. The van der Waals surface area contributed by atoms with Crippen molar-refractivity contribution in [2.75, 3.05) is 19.6 Å². The van der Waals surface area contributed by atoms with Gasteiger partial charge in [-0.15, -0.1) is 0 Å². The van der Waals surface area contributed by atoms with Crippen molar-refractivity contribution >= 4 is 23.9 Å². The van der Waals surface area contributed by atoms with Crippen LogP contribution < -0.4 is 0 Å². The molecule has 6 amide bonds. The second-order valence-electron chi connectivity index (χ2n) is 11.4. The molecule has 3 unspecified atom stereocenters. The van der Waals surface area contributed by atoms with Gasteiger partial charge in [-0.05, 0) is 45.6 Å². The summed E-state index contributed by atoms with van der Waals surface area (Å²) in [5.41, 5.74) is -1.19. The maximum atomic E-state index is 13.5. The van der Waals surface area contributed by atoms with E-state index in [1.807, 2.05) is 39.0 Å². The number of aliphatic hydroxyl groups is 2. The molecule has 0 saturated carbocycles. The Morgan fingerprint density at radius 3 is 2.05 bits per heavy atom. The predicted molar refractivity (Wildman–Crippen MR) is 137 cm³/mol. The van der Waals surface area contributed by atoms with Gasteiger partial charge in [0.1, 0.15) is 11.6 Å². The van der Waals surface area contributed by atoms with Crippen LogP contribution in [0.2, 0.25) is 0 Å². The van der Waals surface area contributed by atoms with E-state index in [4.69, 9.17) is 0 Å². The van der Waals surface area contributed by atoms with E-state index < -0.39 is 53.2 Å². The van der Waals surface area contributed by atoms with Crippen LogP contribution in [0.3, 0.4) is 0 Å². The first-order valence-corrected chi connectivity index (χ1v) is 12.8. The summed E-state index contributed by atoms with van der Waals surface area (Å²) in [4.78, 5) is 57.9. The Balaban J connectivity index is 1.81. The van der Waals surface area contributed by atoms with E-state index in [2.05, 4.69) is 0 Å². The fraction of sp³-hybridized carbons (Fsp3) is 0.630. The summed E-state index contributed by atoms with van der Waals surface area (Å²) in [5.74, 6) is -1.07.